The molecule has 5 heterocycles. The van der Waals surface area contributed by atoms with E-state index in [1.54, 1.807) is 12.5 Å². The maximum Gasteiger partial charge on any atom is 0.164 e. The maximum atomic E-state index is 9.08. The number of H-pyrrole nitrogens is 2. The molecule has 2 N–H and O–H groups in total. The average Bonchev–Trinajstić information content (AvgIpc) is 3.95. The predicted octanol–water partition coefficient (Wildman–Crippen LogP) is 6.03. The number of fused-ring (bicyclic) bond motifs is 20. The summed E-state index contributed by atoms with van der Waals surface area (Å²) in [6, 6.07) is 32.2. The van der Waals surface area contributed by atoms with E-state index in [1.807, 2.05) is 111 Å². The first-order valence-corrected chi connectivity index (χ1v) is 20.8. The van der Waals surface area contributed by atoms with Crippen LogP contribution in [0.2, 0.25) is 0 Å². The van der Waals surface area contributed by atoms with E-state index in [4.69, 9.17) is 53.4 Å². The first-order valence-electron chi connectivity index (χ1n) is 16.7. The first kappa shape index (κ1) is 42.7. The Morgan fingerprint density at radius 1 is 0.491 bits per heavy atom. The molecule has 3 aromatic heterocycles. The third-order valence-corrected chi connectivity index (χ3v) is 8.04. The van der Waals surface area contributed by atoms with Crippen LogP contribution in [0.5, 0.6) is 0 Å². The molecule has 20 heteroatoms. The minimum Gasteiger partial charge on any atom is -0.748 e. The molecule has 0 unspecified atom stereocenters. The number of nitrogens with one attached hydrogen (secondary N) is 2. The fourth-order valence-electron chi connectivity index (χ4n) is 5.65. The van der Waals surface area contributed by atoms with Crippen molar-refractivity contribution in [1.29, 1.82) is 0 Å². The van der Waals surface area contributed by atoms with Crippen molar-refractivity contribution in [3.05, 3.63) is 97.1 Å². The van der Waals surface area contributed by atoms with Crippen molar-refractivity contribution in [2.75, 3.05) is 18.8 Å². The van der Waals surface area contributed by atoms with Crippen LogP contribution >= 0.6 is 24.1 Å². The normalized spacial score (nSPS) is 11.0. The van der Waals surface area contributed by atoms with Crippen molar-refractivity contribution in [2.45, 2.75) is 13.8 Å². The summed E-state index contributed by atoms with van der Waals surface area (Å²) in [4.78, 5) is 36.8. The molecule has 4 aromatic carbocycles. The summed E-state index contributed by atoms with van der Waals surface area (Å²) in [5, 5.41) is 27.2. The van der Waals surface area contributed by atoms with Gasteiger partial charge in [-0.2, -0.15) is 8.67 Å². The fourth-order valence-corrected chi connectivity index (χ4v) is 5.76. The van der Waals surface area contributed by atoms with Crippen molar-refractivity contribution in [1.82, 2.24) is 39.9 Å². The van der Waals surface area contributed by atoms with Crippen LogP contribution < -0.4 is 10.5 Å². The summed E-state index contributed by atoms with van der Waals surface area (Å²) >= 11 is 1.73. The average molecular weight is 830 g/mol. The van der Waals surface area contributed by atoms with Gasteiger partial charge in [0.05, 0.1) is 10.1 Å². The summed E-state index contributed by atoms with van der Waals surface area (Å²) in [6.45, 7) is 4.00. The van der Waals surface area contributed by atoms with Crippen molar-refractivity contribution in [3.8, 4) is 45.6 Å². The molecule has 9 rings (SSSR count). The Morgan fingerprint density at radius 3 is 0.912 bits per heavy atom. The molecule has 0 aliphatic carbocycles. The molecule has 2 aliphatic heterocycles. The zero-order valence-electron chi connectivity index (χ0n) is 30.8. The van der Waals surface area contributed by atoms with Crippen LogP contribution in [-0.2, 0) is 28.9 Å². The van der Waals surface area contributed by atoms with Gasteiger partial charge in [-0.25, -0.2) is 38.3 Å². The highest BCUT2D eigenvalue weighted by atomic mass is 32.2. The zero-order chi connectivity index (χ0) is 41.0. The van der Waals surface area contributed by atoms with Gasteiger partial charge in [0.25, 0.3) is 0 Å². The Hall–Kier alpha value is -5.39. The van der Waals surface area contributed by atoms with E-state index in [2.05, 4.69) is 28.7 Å². The highest BCUT2D eigenvalue weighted by Gasteiger charge is 2.21. The number of benzene rings is 4. The van der Waals surface area contributed by atoms with Crippen molar-refractivity contribution in [3.63, 3.8) is 0 Å². The van der Waals surface area contributed by atoms with Gasteiger partial charge < -0.3 is 25.0 Å². The van der Waals surface area contributed by atoms with Crippen LogP contribution in [0, 0.1) is 0 Å². The molecule has 7 aromatic rings. The smallest absolute Gasteiger partial charge is 0.164 e. The lowest BCUT2D eigenvalue weighted by atomic mass is 10.1. The molecule has 0 fully saturated rings. The lowest BCUT2D eigenvalue weighted by molar-refractivity contribution is -0.777. The number of rotatable bonds is 4. The second kappa shape index (κ2) is 20.2. The largest absolute Gasteiger partial charge is 0.748 e. The molecule has 296 valence electrons. The Bertz CT molecular complexity index is 2410. The van der Waals surface area contributed by atoms with Gasteiger partial charge in [0.2, 0.25) is 0 Å². The summed E-state index contributed by atoms with van der Waals surface area (Å²) in [5.41, 5.74) is 6.45. The van der Waals surface area contributed by atoms with Gasteiger partial charge in [0, 0.05) is 86.7 Å². The summed E-state index contributed by atoms with van der Waals surface area (Å²) in [5.74, 6) is 2.39. The molecule has 0 amide bonds. The fraction of sp³-hybridized carbons (Fsp3) is 0.135. The van der Waals surface area contributed by atoms with Crippen molar-refractivity contribution < 1.29 is 42.2 Å². The van der Waals surface area contributed by atoms with E-state index in [0.29, 0.717) is 52.1 Å². The highest BCUT2D eigenvalue weighted by molar-refractivity contribution is 7.94. The van der Waals surface area contributed by atoms with Crippen LogP contribution in [0.3, 0.4) is 0 Å². The van der Waals surface area contributed by atoms with Crippen LogP contribution in [-0.4, -0.2) is 71.6 Å². The SMILES string of the molecule is CC.CS(=O)(=O)[O-].CSOO[O-].CSOO[O-].c1ccc2c(c1)-c1nc-2nc2[nH]c(nc3nc(nc4[nH]c(n1)c1ccccc41)-c1ccccc1-3)c1ccccc21. The summed E-state index contributed by atoms with van der Waals surface area (Å²) < 4.78 is 34.6. The molecule has 8 bridgehead atoms. The van der Waals surface area contributed by atoms with E-state index in [9.17, 15) is 0 Å². The Labute approximate surface area is 334 Å². The first-order chi connectivity index (χ1) is 27.6. The highest BCUT2D eigenvalue weighted by Crippen LogP contribution is 2.36. The van der Waals surface area contributed by atoms with Gasteiger partial charge in [0.15, 0.2) is 23.3 Å². The number of aromatic nitrogens is 8. The monoisotopic (exact) mass is 829 g/mol. The van der Waals surface area contributed by atoms with E-state index < -0.39 is 10.1 Å². The van der Waals surface area contributed by atoms with Crippen molar-refractivity contribution >= 4 is 78.3 Å². The molecule has 0 radical (unpaired) electrons. The molecular weight excluding hydrogens is 797 g/mol. The van der Waals surface area contributed by atoms with E-state index in [-0.39, 0.29) is 0 Å². The third kappa shape index (κ3) is 10.5. The Balaban J connectivity index is 0.000000312. The molecule has 0 spiro atoms. The van der Waals surface area contributed by atoms with Crippen LogP contribution in [0.25, 0.3) is 89.7 Å². The van der Waals surface area contributed by atoms with Gasteiger partial charge in [0.1, 0.15) is 22.6 Å². The predicted molar refractivity (Wildman–Crippen MR) is 214 cm³/mol. The summed E-state index contributed by atoms with van der Waals surface area (Å²) in [6.07, 6.45) is 3.77. The lowest BCUT2D eigenvalue weighted by Gasteiger charge is -1.96. The molecule has 2 aliphatic rings. The second-order valence-corrected chi connectivity index (χ2v) is 13.4. The lowest BCUT2D eigenvalue weighted by Crippen LogP contribution is -2.00. The number of aromatic amines is 2. The van der Waals surface area contributed by atoms with E-state index in [0.717, 1.165) is 67.9 Å². The molecule has 17 nitrogen and oxygen atoms in total. The maximum absolute atomic E-state index is 9.08. The van der Waals surface area contributed by atoms with E-state index in [1.165, 1.54) is 0 Å². The second-order valence-electron chi connectivity index (χ2n) is 11.1. The van der Waals surface area contributed by atoms with Gasteiger partial charge in [-0.05, 0) is 0 Å². The number of hydrogen-bond donors (Lipinski definition) is 2. The van der Waals surface area contributed by atoms with Gasteiger partial charge in [-0.15, -0.1) is 0 Å². The minimum atomic E-state index is -3.92. The van der Waals surface area contributed by atoms with E-state index >= 15 is 0 Å². The molecule has 0 saturated carbocycles. The topological polar surface area (TPSA) is 249 Å². The standard InChI is InChI=1S/C32H18N8.C2H6.3CH4O3S/c1-2-10-18-17(9-1)25-33-26(18)38-28-21-13-5-6-14-22(21)30(35-28)40-32-24-16-8-7-15-23(24)31(36-32)39-29-20-12-4-3-11-19(20)27(34-29)37-25;1-2;1-5(2,3)4;2*1-5-4-3-2/h1-16H,(H2,33,34,35,36,37,38,39,40);1-2H3;1H3,(H,2,3,4);2*2H,1H3/p-3. The zero-order valence-corrected chi connectivity index (χ0v) is 33.3. The van der Waals surface area contributed by atoms with Gasteiger partial charge in [-0.1, -0.05) is 111 Å². The van der Waals surface area contributed by atoms with Crippen molar-refractivity contribution in [2.24, 2.45) is 0 Å². The Morgan fingerprint density at radius 2 is 0.719 bits per heavy atom. The third-order valence-electron chi connectivity index (χ3n) is 7.65. The summed E-state index contributed by atoms with van der Waals surface area (Å²) in [7, 11) is -3.92. The van der Waals surface area contributed by atoms with Crippen LogP contribution in [0.4, 0.5) is 0 Å². The molecule has 0 saturated heterocycles. The van der Waals surface area contributed by atoms with Crippen LogP contribution in [0.1, 0.15) is 13.8 Å². The van der Waals surface area contributed by atoms with Gasteiger partial charge >= 0.3 is 0 Å². The molecular formula is C37H33N8O9S3-3. The minimum absolute atomic E-state index is 0.597. The van der Waals surface area contributed by atoms with Gasteiger partial charge in [-0.3, -0.25) is 10.1 Å². The Kier molecular flexibility index (Phi) is 15.1. The van der Waals surface area contributed by atoms with Crippen LogP contribution in [0.15, 0.2) is 97.1 Å². The quantitative estimate of drug-likeness (QED) is 0.0889. The molecule has 0 atom stereocenters. The number of nitrogens with zero attached hydrogens (tertiary/aromatic N) is 6. The molecule has 57 heavy (non-hydrogen) atoms. The number of hydrogen-bond acceptors (Lipinski definition) is 17.